The van der Waals surface area contributed by atoms with Crippen LogP contribution in [0.15, 0.2) is 18.7 Å². The maximum Gasteiger partial charge on any atom is 0.410 e. The Morgan fingerprint density at radius 2 is 1.47 bits per heavy atom. The molecule has 2 amide bonds. The maximum absolute atomic E-state index is 12.1. The molecule has 2 aliphatic heterocycles. The number of carbonyl (C=O) groups excluding carboxylic acids is 2. The molecule has 0 aromatic carbocycles. The minimum atomic E-state index is -0.493. The second-order valence-corrected chi connectivity index (χ2v) is 13.0. The van der Waals surface area contributed by atoms with Crippen molar-refractivity contribution in [1.82, 2.24) is 39.3 Å². The number of nitrogens with zero attached hydrogens (tertiary/aromatic N) is 8. The average molecular weight is 638 g/mol. The monoisotopic (exact) mass is 636 g/mol. The number of aromatic nitrogens is 6. The van der Waals surface area contributed by atoms with Gasteiger partial charge in [-0.3, -0.25) is 0 Å². The molecule has 5 heterocycles. The fraction of sp³-hybridized carbons (Fsp3) is 0.593. The molecule has 0 spiro atoms. The lowest BCUT2D eigenvalue weighted by Crippen LogP contribution is -2.36. The number of nitrogen functional groups attached to an aromatic ring is 1. The molecule has 0 radical (unpaired) electrons. The Labute approximate surface area is 260 Å². The van der Waals surface area contributed by atoms with Gasteiger partial charge in [0, 0.05) is 32.2 Å². The maximum atomic E-state index is 12.1. The standard InChI is InChI=1S/C14H18ClN5O2.C13H20ClN5O2/c1-14(2,3)22-13(21)19-5-4-9(7-19)20-8-17-10-6-16-12(15)18-11(10)20;1-13(2,3)21-12(20)19-5-4-8(7-19)17-10-9(15)6-16-11(14)18-10/h6,8-9H,4-5,7H2,1-3H3;6,8H,4-5,7,15H2,1-3H3,(H,16,17,18). The highest BCUT2D eigenvalue weighted by Crippen LogP contribution is 2.27. The van der Waals surface area contributed by atoms with Crippen molar-refractivity contribution in [3.05, 3.63) is 29.3 Å². The molecule has 14 nitrogen and oxygen atoms in total. The summed E-state index contributed by atoms with van der Waals surface area (Å²) in [6.07, 6.45) is 5.80. The summed E-state index contributed by atoms with van der Waals surface area (Å²) in [4.78, 5) is 47.8. The Kier molecular flexibility index (Phi) is 9.70. The number of hydrogen-bond donors (Lipinski definition) is 2. The summed E-state index contributed by atoms with van der Waals surface area (Å²) in [6.45, 7) is 13.5. The summed E-state index contributed by atoms with van der Waals surface area (Å²) in [5.41, 5.74) is 6.62. The first-order valence-electron chi connectivity index (χ1n) is 13.9. The van der Waals surface area contributed by atoms with E-state index < -0.39 is 11.2 Å². The number of nitrogens with one attached hydrogen (secondary N) is 1. The van der Waals surface area contributed by atoms with Crippen LogP contribution in [0.3, 0.4) is 0 Å². The normalized spacial score (nSPS) is 18.8. The number of carbonyl (C=O) groups is 2. The SMILES string of the molecule is CC(C)(C)OC(=O)N1CCC(Nc2nc(Cl)ncc2N)C1.CC(C)(C)OC(=O)N1CCC(n2cnc3cnc(Cl)nc32)C1. The second kappa shape index (κ2) is 12.9. The molecular weight excluding hydrogens is 599 g/mol. The van der Waals surface area contributed by atoms with Gasteiger partial charge in [-0.15, -0.1) is 0 Å². The Bertz CT molecular complexity index is 1460. The van der Waals surface area contributed by atoms with E-state index in [-0.39, 0.29) is 34.8 Å². The van der Waals surface area contributed by atoms with Gasteiger partial charge < -0.3 is 34.9 Å². The van der Waals surface area contributed by atoms with Crippen LogP contribution in [-0.4, -0.2) is 94.9 Å². The highest BCUT2D eigenvalue weighted by molar-refractivity contribution is 6.28. The van der Waals surface area contributed by atoms with Crippen molar-refractivity contribution in [2.45, 2.75) is 77.7 Å². The smallest absolute Gasteiger partial charge is 0.410 e. The third-order valence-corrected chi connectivity index (χ3v) is 6.83. The van der Waals surface area contributed by atoms with E-state index in [1.807, 2.05) is 46.1 Å². The number of fused-ring (bicyclic) bond motifs is 1. The zero-order valence-corrected chi connectivity index (χ0v) is 26.7. The topological polar surface area (TPSA) is 167 Å². The molecule has 3 aromatic rings. The van der Waals surface area contributed by atoms with E-state index in [9.17, 15) is 9.59 Å². The number of imidazole rings is 1. The first-order chi connectivity index (χ1) is 20.1. The van der Waals surface area contributed by atoms with E-state index in [0.717, 1.165) is 12.8 Å². The molecule has 2 aliphatic rings. The summed E-state index contributed by atoms with van der Waals surface area (Å²) in [7, 11) is 0. The fourth-order valence-electron chi connectivity index (χ4n) is 4.58. The second-order valence-electron chi connectivity index (χ2n) is 12.4. The van der Waals surface area contributed by atoms with Crippen molar-refractivity contribution in [2.24, 2.45) is 0 Å². The van der Waals surface area contributed by atoms with Gasteiger partial charge in [-0.2, -0.15) is 9.97 Å². The van der Waals surface area contributed by atoms with Crippen LogP contribution in [0.5, 0.6) is 0 Å². The molecule has 0 aliphatic carbocycles. The predicted molar refractivity (Wildman–Crippen MR) is 163 cm³/mol. The van der Waals surface area contributed by atoms with Crippen LogP contribution < -0.4 is 11.1 Å². The van der Waals surface area contributed by atoms with E-state index >= 15 is 0 Å². The summed E-state index contributed by atoms with van der Waals surface area (Å²) < 4.78 is 12.7. The lowest BCUT2D eigenvalue weighted by Gasteiger charge is -2.24. The zero-order valence-electron chi connectivity index (χ0n) is 25.2. The largest absolute Gasteiger partial charge is 0.444 e. The highest BCUT2D eigenvalue weighted by atomic mass is 35.5. The minimum Gasteiger partial charge on any atom is -0.444 e. The van der Waals surface area contributed by atoms with Gasteiger partial charge in [0.2, 0.25) is 10.6 Å². The van der Waals surface area contributed by atoms with Gasteiger partial charge in [-0.05, 0) is 77.6 Å². The zero-order chi connectivity index (χ0) is 31.5. The first kappa shape index (κ1) is 32.3. The third-order valence-electron chi connectivity index (χ3n) is 6.46. The molecule has 234 valence electrons. The number of ether oxygens (including phenoxy) is 2. The Morgan fingerprint density at radius 3 is 2.12 bits per heavy atom. The number of rotatable bonds is 3. The Morgan fingerprint density at radius 1 is 0.884 bits per heavy atom. The van der Waals surface area contributed by atoms with Crippen LogP contribution in [0.25, 0.3) is 11.2 Å². The van der Waals surface area contributed by atoms with E-state index in [4.69, 9.17) is 38.4 Å². The van der Waals surface area contributed by atoms with Crippen molar-refractivity contribution in [3.63, 3.8) is 0 Å². The van der Waals surface area contributed by atoms with Crippen LogP contribution in [0.1, 0.15) is 60.4 Å². The molecule has 2 fully saturated rings. The molecule has 3 N–H and O–H groups in total. The van der Waals surface area contributed by atoms with Gasteiger partial charge in [0.15, 0.2) is 11.5 Å². The molecule has 2 atom stereocenters. The van der Waals surface area contributed by atoms with Gasteiger partial charge in [0.1, 0.15) is 16.7 Å². The third kappa shape index (κ3) is 8.92. The van der Waals surface area contributed by atoms with E-state index in [1.54, 1.807) is 22.3 Å². The van der Waals surface area contributed by atoms with Gasteiger partial charge in [-0.25, -0.2) is 24.5 Å². The van der Waals surface area contributed by atoms with Crippen molar-refractivity contribution < 1.29 is 19.1 Å². The molecule has 0 saturated carbocycles. The van der Waals surface area contributed by atoms with Crippen molar-refractivity contribution in [3.8, 4) is 0 Å². The summed E-state index contributed by atoms with van der Waals surface area (Å²) in [6, 6.07) is 0.175. The summed E-state index contributed by atoms with van der Waals surface area (Å²) >= 11 is 11.6. The lowest BCUT2D eigenvalue weighted by atomic mass is 10.2. The number of amides is 2. The quantitative estimate of drug-likeness (QED) is 0.379. The minimum absolute atomic E-state index is 0.0609. The molecule has 16 heteroatoms. The number of anilines is 2. The van der Waals surface area contributed by atoms with Gasteiger partial charge in [-0.1, -0.05) is 0 Å². The van der Waals surface area contributed by atoms with Crippen molar-refractivity contribution in [1.29, 1.82) is 0 Å². The molecule has 2 saturated heterocycles. The molecular formula is C27H38Cl2N10O4. The van der Waals surface area contributed by atoms with Gasteiger partial charge in [0.25, 0.3) is 0 Å². The van der Waals surface area contributed by atoms with E-state index in [0.29, 0.717) is 48.8 Å². The number of halogens is 2. The number of nitrogens with two attached hydrogens (primary N) is 1. The number of likely N-dealkylation sites (tertiary alicyclic amines) is 2. The van der Waals surface area contributed by atoms with Crippen LogP contribution in [-0.2, 0) is 9.47 Å². The molecule has 0 bridgehead atoms. The van der Waals surface area contributed by atoms with Crippen LogP contribution in [0.4, 0.5) is 21.1 Å². The van der Waals surface area contributed by atoms with Gasteiger partial charge in [0.05, 0.1) is 30.5 Å². The highest BCUT2D eigenvalue weighted by Gasteiger charge is 2.32. The van der Waals surface area contributed by atoms with Crippen molar-refractivity contribution in [2.75, 3.05) is 37.2 Å². The predicted octanol–water partition coefficient (Wildman–Crippen LogP) is 4.80. The van der Waals surface area contributed by atoms with Crippen LogP contribution in [0.2, 0.25) is 10.6 Å². The van der Waals surface area contributed by atoms with Gasteiger partial charge >= 0.3 is 12.2 Å². The fourth-order valence-corrected chi connectivity index (χ4v) is 4.85. The Balaban J connectivity index is 0.000000197. The Hall–Kier alpha value is -3.65. The van der Waals surface area contributed by atoms with Crippen molar-refractivity contribution >= 4 is 58.1 Å². The first-order valence-corrected chi connectivity index (χ1v) is 14.7. The summed E-state index contributed by atoms with van der Waals surface area (Å²) in [5.74, 6) is 0.492. The van der Waals surface area contributed by atoms with E-state index in [2.05, 4.69) is 30.2 Å². The average Bonchev–Trinajstić information content (AvgIpc) is 3.64. The van der Waals surface area contributed by atoms with E-state index in [1.165, 1.54) is 6.20 Å². The molecule has 5 rings (SSSR count). The molecule has 43 heavy (non-hydrogen) atoms. The number of hydrogen-bond acceptors (Lipinski definition) is 11. The summed E-state index contributed by atoms with van der Waals surface area (Å²) in [5, 5.41) is 3.51. The lowest BCUT2D eigenvalue weighted by molar-refractivity contribution is 0.0280. The molecule has 2 unspecified atom stereocenters. The van der Waals surface area contributed by atoms with Crippen LogP contribution >= 0.6 is 23.2 Å². The molecule has 3 aromatic heterocycles. The van der Waals surface area contributed by atoms with Crippen LogP contribution in [0, 0.1) is 0 Å².